The summed E-state index contributed by atoms with van der Waals surface area (Å²) < 4.78 is 35.2. The summed E-state index contributed by atoms with van der Waals surface area (Å²) in [4.78, 5) is 15.3. The van der Waals surface area contributed by atoms with Crippen molar-refractivity contribution in [2.45, 2.75) is 6.10 Å². The highest BCUT2D eigenvalue weighted by Gasteiger charge is 2.19. The lowest BCUT2D eigenvalue weighted by Crippen LogP contribution is -2.26. The van der Waals surface area contributed by atoms with E-state index in [0.717, 1.165) is 28.4 Å². The van der Waals surface area contributed by atoms with Crippen molar-refractivity contribution in [1.82, 2.24) is 14.3 Å². The van der Waals surface area contributed by atoms with Gasteiger partial charge in [0.05, 0.1) is 17.9 Å². The number of benzene rings is 3. The van der Waals surface area contributed by atoms with Gasteiger partial charge in [-0.1, -0.05) is 24.3 Å². The normalized spacial score (nSPS) is 13.1. The first-order valence-electron chi connectivity index (χ1n) is 10.7. The van der Waals surface area contributed by atoms with Gasteiger partial charge in [0.15, 0.2) is 5.58 Å². The van der Waals surface area contributed by atoms with Crippen molar-refractivity contribution in [3.05, 3.63) is 76.8 Å². The number of nitrogens with zero attached hydrogens (tertiary/aromatic N) is 1. The Hall–Kier alpha value is -3.60. The summed E-state index contributed by atoms with van der Waals surface area (Å²) in [5, 5.41) is 15.9. The molecule has 0 aliphatic heterocycles. The van der Waals surface area contributed by atoms with E-state index in [-0.39, 0.29) is 17.6 Å². The van der Waals surface area contributed by atoms with Crippen LogP contribution in [-0.2, 0) is 10.0 Å². The Bertz CT molecular complexity index is 1670. The van der Waals surface area contributed by atoms with Crippen molar-refractivity contribution in [2.75, 3.05) is 26.0 Å². The monoisotopic (exact) mass is 481 g/mol. The molecule has 0 spiro atoms. The number of rotatable bonds is 8. The largest absolute Gasteiger partial charge is 0.492 e. The molecule has 0 aliphatic carbocycles. The summed E-state index contributed by atoms with van der Waals surface area (Å²) >= 11 is 0. The van der Waals surface area contributed by atoms with Crippen molar-refractivity contribution in [1.29, 1.82) is 0 Å². The highest BCUT2D eigenvalue weighted by Crippen LogP contribution is 2.28. The average molecular weight is 482 g/mol. The summed E-state index contributed by atoms with van der Waals surface area (Å²) in [7, 11) is -3.84. The summed E-state index contributed by atoms with van der Waals surface area (Å²) in [6, 6.07) is 18.6. The van der Waals surface area contributed by atoms with Crippen molar-refractivity contribution in [2.24, 2.45) is 0 Å². The first-order chi connectivity index (χ1) is 16.3. The van der Waals surface area contributed by atoms with Crippen LogP contribution in [0.1, 0.15) is 11.7 Å². The van der Waals surface area contributed by atoms with Gasteiger partial charge in [0.1, 0.15) is 17.9 Å². The lowest BCUT2D eigenvalue weighted by atomic mass is 10.1. The smallest absolute Gasteiger partial charge is 0.434 e. The molecule has 2 aromatic heterocycles. The fourth-order valence-electron chi connectivity index (χ4n) is 4.06. The summed E-state index contributed by atoms with van der Waals surface area (Å²) in [6.07, 6.45) is 0.00862. The maximum absolute atomic E-state index is 11.9. The first kappa shape index (κ1) is 22.2. The van der Waals surface area contributed by atoms with E-state index >= 15 is 0 Å². The zero-order valence-electron chi connectivity index (χ0n) is 18.3. The Labute approximate surface area is 194 Å². The highest BCUT2D eigenvalue weighted by atomic mass is 32.2. The predicted octanol–water partition coefficient (Wildman–Crippen LogP) is 2.74. The van der Waals surface area contributed by atoms with Gasteiger partial charge in [-0.05, 0) is 35.9 Å². The Balaban J connectivity index is 1.19. The molecule has 0 bridgehead atoms. The van der Waals surface area contributed by atoms with Gasteiger partial charge >= 0.3 is 5.76 Å². The van der Waals surface area contributed by atoms with Crippen molar-refractivity contribution >= 4 is 42.9 Å². The molecular formula is C24H23N3O6S. The van der Waals surface area contributed by atoms with E-state index in [4.69, 9.17) is 9.15 Å². The van der Waals surface area contributed by atoms with Crippen molar-refractivity contribution in [3.63, 3.8) is 0 Å². The molecular weight excluding hydrogens is 458 g/mol. The molecule has 1 atom stereocenters. The minimum absolute atomic E-state index is 0.0970. The molecule has 0 aliphatic rings. The predicted molar refractivity (Wildman–Crippen MR) is 130 cm³/mol. The van der Waals surface area contributed by atoms with Crippen LogP contribution in [0.25, 0.3) is 32.9 Å². The molecule has 0 saturated heterocycles. The Morgan fingerprint density at radius 1 is 1.09 bits per heavy atom. The lowest BCUT2D eigenvalue weighted by molar-refractivity contribution is 0.172. The number of aliphatic hydroxyl groups excluding tert-OH is 1. The van der Waals surface area contributed by atoms with Gasteiger partial charge in [-0.25, -0.2) is 13.2 Å². The first-order valence-corrected chi connectivity index (χ1v) is 12.5. The van der Waals surface area contributed by atoms with Crippen LogP contribution in [0, 0.1) is 0 Å². The third-order valence-electron chi connectivity index (χ3n) is 5.64. The number of oxazole rings is 1. The molecule has 0 radical (unpaired) electrons. The number of aromatic nitrogens is 2. The van der Waals surface area contributed by atoms with Crippen molar-refractivity contribution in [3.8, 4) is 5.75 Å². The summed E-state index contributed by atoms with van der Waals surface area (Å²) in [5.41, 5.74) is 2.78. The maximum atomic E-state index is 11.9. The standard InChI is InChI=1S/C24H23N3O6S/c1-34(30,31)27-21-12-15(6-9-23(21)33-24(27)29)22(28)14-25-10-11-32-16-7-8-18-17-4-2-3-5-19(17)26-20(18)13-16/h2-9,12-13,22,25-26,28H,10-11,14H2,1H3/t22-/m1/s1. The molecule has 3 N–H and O–H groups in total. The highest BCUT2D eigenvalue weighted by molar-refractivity contribution is 7.89. The molecule has 0 amide bonds. The molecule has 0 unspecified atom stereocenters. The summed E-state index contributed by atoms with van der Waals surface area (Å²) in [6.45, 7) is 1.10. The molecule has 176 valence electrons. The van der Waals surface area contributed by atoms with Crippen LogP contribution in [0.4, 0.5) is 0 Å². The molecule has 0 fully saturated rings. The number of para-hydroxylation sites is 1. The molecule has 0 saturated carbocycles. The van der Waals surface area contributed by atoms with Crippen LogP contribution in [-0.4, -0.2) is 48.4 Å². The molecule has 5 rings (SSSR count). The third-order valence-corrected chi connectivity index (χ3v) is 6.65. The van der Waals surface area contributed by atoms with E-state index in [2.05, 4.69) is 16.4 Å². The van der Waals surface area contributed by atoms with Crippen LogP contribution in [0.5, 0.6) is 5.75 Å². The van der Waals surface area contributed by atoms with Gasteiger partial charge in [-0.15, -0.1) is 0 Å². The number of nitrogens with one attached hydrogen (secondary N) is 2. The Kier molecular flexibility index (Phi) is 5.64. The van der Waals surface area contributed by atoms with Gasteiger partial charge in [-0.2, -0.15) is 3.97 Å². The Morgan fingerprint density at radius 2 is 1.88 bits per heavy atom. The molecule has 2 heterocycles. The minimum Gasteiger partial charge on any atom is -0.492 e. The van der Waals surface area contributed by atoms with E-state index in [1.807, 2.05) is 36.4 Å². The van der Waals surface area contributed by atoms with E-state index in [1.165, 1.54) is 17.5 Å². The number of fused-ring (bicyclic) bond motifs is 4. The fourth-order valence-corrected chi connectivity index (χ4v) is 4.86. The van der Waals surface area contributed by atoms with Crippen LogP contribution >= 0.6 is 0 Å². The second kappa shape index (κ2) is 8.64. The van der Waals surface area contributed by atoms with Gasteiger partial charge in [0, 0.05) is 35.4 Å². The molecule has 34 heavy (non-hydrogen) atoms. The van der Waals surface area contributed by atoms with E-state index in [1.54, 1.807) is 6.07 Å². The fraction of sp³-hybridized carbons (Fsp3) is 0.208. The van der Waals surface area contributed by atoms with Gasteiger partial charge in [0.2, 0.25) is 10.0 Å². The Morgan fingerprint density at radius 3 is 2.71 bits per heavy atom. The number of aliphatic hydroxyl groups is 1. The quantitative estimate of drug-likeness (QED) is 0.291. The third kappa shape index (κ3) is 4.18. The number of hydrogen-bond donors (Lipinski definition) is 3. The van der Waals surface area contributed by atoms with E-state index in [0.29, 0.717) is 22.7 Å². The van der Waals surface area contributed by atoms with Crippen LogP contribution < -0.4 is 15.8 Å². The van der Waals surface area contributed by atoms with Crippen molar-refractivity contribution < 1.29 is 22.7 Å². The zero-order chi connectivity index (χ0) is 23.9. The van der Waals surface area contributed by atoms with Crippen LogP contribution in [0.2, 0.25) is 0 Å². The molecule has 9 nitrogen and oxygen atoms in total. The molecule has 10 heteroatoms. The van der Waals surface area contributed by atoms with Gasteiger partial charge in [0.25, 0.3) is 0 Å². The van der Waals surface area contributed by atoms with E-state index in [9.17, 15) is 18.3 Å². The second-order valence-electron chi connectivity index (χ2n) is 8.07. The molecule has 3 aromatic carbocycles. The van der Waals surface area contributed by atoms with Gasteiger partial charge in [-0.3, -0.25) is 0 Å². The summed E-state index contributed by atoms with van der Waals surface area (Å²) in [5.74, 6) is -0.240. The zero-order valence-corrected chi connectivity index (χ0v) is 19.1. The number of aromatic amines is 1. The maximum Gasteiger partial charge on any atom is 0.434 e. The topological polar surface area (TPSA) is 127 Å². The minimum atomic E-state index is -3.84. The lowest BCUT2D eigenvalue weighted by Gasteiger charge is -2.13. The second-order valence-corrected chi connectivity index (χ2v) is 9.90. The number of hydrogen-bond acceptors (Lipinski definition) is 7. The van der Waals surface area contributed by atoms with Crippen LogP contribution in [0.3, 0.4) is 0 Å². The molecule has 5 aromatic rings. The van der Waals surface area contributed by atoms with E-state index < -0.39 is 21.9 Å². The van der Waals surface area contributed by atoms with Gasteiger partial charge < -0.3 is 24.6 Å². The SMILES string of the molecule is CS(=O)(=O)n1c(=O)oc2ccc([C@H](O)CNCCOc3ccc4c(c3)[nH]c3ccccc34)cc21. The van der Waals surface area contributed by atoms with Crippen LogP contribution in [0.15, 0.2) is 69.9 Å². The average Bonchev–Trinajstić information content (AvgIpc) is 3.34. The number of ether oxygens (including phenoxy) is 1. The number of H-pyrrole nitrogens is 1.